The predicted octanol–water partition coefficient (Wildman–Crippen LogP) is 4.70. The van der Waals surface area contributed by atoms with E-state index < -0.39 is 23.8 Å². The zero-order valence-electron chi connectivity index (χ0n) is 30.8. The number of nitrogens with one attached hydrogen (secondary N) is 2. The molecule has 3 amide bonds. The summed E-state index contributed by atoms with van der Waals surface area (Å²) in [5.41, 5.74) is 12.2. The molecule has 0 aliphatic carbocycles. The van der Waals surface area contributed by atoms with Crippen LogP contribution < -0.4 is 16.4 Å². The lowest BCUT2D eigenvalue weighted by Crippen LogP contribution is -2.49. The maximum atomic E-state index is 12.8. The normalized spacial score (nSPS) is 11.4. The van der Waals surface area contributed by atoms with Crippen molar-refractivity contribution in [1.82, 2.24) is 30.5 Å². The van der Waals surface area contributed by atoms with E-state index in [-0.39, 0.29) is 32.0 Å². The Balaban J connectivity index is 1.04. The van der Waals surface area contributed by atoms with Crippen LogP contribution in [0.25, 0.3) is 5.69 Å². The van der Waals surface area contributed by atoms with E-state index in [2.05, 4.69) is 38.0 Å². The highest BCUT2D eigenvalue weighted by Gasteiger charge is 2.19. The molecule has 12 nitrogen and oxygen atoms in total. The molecule has 0 saturated heterocycles. The van der Waals surface area contributed by atoms with Crippen molar-refractivity contribution in [3.63, 3.8) is 0 Å². The van der Waals surface area contributed by atoms with Crippen LogP contribution in [0, 0.1) is 0 Å². The van der Waals surface area contributed by atoms with Crippen LogP contribution in [0.4, 0.5) is 0 Å². The van der Waals surface area contributed by atoms with E-state index in [4.69, 9.17) is 10.5 Å². The van der Waals surface area contributed by atoms with Crippen LogP contribution in [0.5, 0.6) is 0 Å². The average molecular weight is 750 g/mol. The topological polar surface area (TPSA) is 162 Å². The number of ether oxygens (including phenoxy) is 1. The molecule has 6 aromatic rings. The van der Waals surface area contributed by atoms with Gasteiger partial charge in [-0.15, -0.1) is 5.10 Å². The van der Waals surface area contributed by atoms with Gasteiger partial charge in [-0.3, -0.25) is 24.1 Å². The molecule has 6 rings (SSSR count). The molecule has 0 saturated carbocycles. The fourth-order valence-electron chi connectivity index (χ4n) is 6.13. The number of nitrogens with two attached hydrogens (primary N) is 1. The number of aromatic nitrogens is 3. The van der Waals surface area contributed by atoms with Crippen LogP contribution in [0.3, 0.4) is 0 Å². The van der Waals surface area contributed by atoms with E-state index in [0.717, 1.165) is 33.5 Å². The monoisotopic (exact) mass is 749 g/mol. The van der Waals surface area contributed by atoms with Gasteiger partial charge in [0.25, 0.3) is 5.91 Å². The molecule has 0 aliphatic heterocycles. The van der Waals surface area contributed by atoms with Crippen molar-refractivity contribution in [3.05, 3.63) is 185 Å². The van der Waals surface area contributed by atoms with Crippen LogP contribution in [-0.2, 0) is 58.2 Å². The molecule has 5 aromatic carbocycles. The minimum Gasteiger partial charge on any atom is -0.461 e. The van der Waals surface area contributed by atoms with Crippen LogP contribution >= 0.6 is 0 Å². The number of rotatable bonds is 18. The molecule has 0 spiro atoms. The molecule has 1 atom stereocenters. The first-order valence-electron chi connectivity index (χ1n) is 18.2. The van der Waals surface area contributed by atoms with Crippen molar-refractivity contribution >= 4 is 23.7 Å². The molecule has 12 heteroatoms. The van der Waals surface area contributed by atoms with Gasteiger partial charge in [0.1, 0.15) is 12.6 Å². The fraction of sp³-hybridized carbons (Fsp3) is 0.182. The quantitative estimate of drug-likeness (QED) is 0.107. The second kappa shape index (κ2) is 19.4. The Morgan fingerprint density at radius 2 is 1.30 bits per heavy atom. The molecule has 1 aromatic heterocycles. The summed E-state index contributed by atoms with van der Waals surface area (Å²) in [4.78, 5) is 52.2. The maximum absolute atomic E-state index is 12.8. The van der Waals surface area contributed by atoms with Gasteiger partial charge in [0.05, 0.1) is 30.5 Å². The number of carbonyl (C=O) groups excluding carboxylic acids is 4. The summed E-state index contributed by atoms with van der Waals surface area (Å²) in [5, 5.41) is 14.0. The van der Waals surface area contributed by atoms with Crippen molar-refractivity contribution < 1.29 is 23.9 Å². The van der Waals surface area contributed by atoms with Gasteiger partial charge >= 0.3 is 5.97 Å². The van der Waals surface area contributed by atoms with Gasteiger partial charge < -0.3 is 21.1 Å². The molecular weight excluding hydrogens is 707 g/mol. The maximum Gasteiger partial charge on any atom is 0.310 e. The first-order valence-corrected chi connectivity index (χ1v) is 18.2. The minimum absolute atomic E-state index is 0.177. The van der Waals surface area contributed by atoms with Gasteiger partial charge in [0.2, 0.25) is 11.8 Å². The number of carbonyl (C=O) groups is 4. The van der Waals surface area contributed by atoms with Gasteiger partial charge in [-0.2, -0.15) is 0 Å². The molecule has 0 aliphatic rings. The SMILES string of the molecule is NC(=O)[C@H](Cc1ccccc1)NC(=O)CNC(=O)c1ccc(-n2cc(CN(Cc3ccccc3)Cc3cccc(CC(=O)OCc4ccccc4)c3)nn2)cc1. The third-order valence-electron chi connectivity index (χ3n) is 8.93. The summed E-state index contributed by atoms with van der Waals surface area (Å²) in [7, 11) is 0. The smallest absolute Gasteiger partial charge is 0.310 e. The summed E-state index contributed by atoms with van der Waals surface area (Å²) < 4.78 is 7.15. The Hall–Kier alpha value is -6.92. The van der Waals surface area contributed by atoms with Crippen LogP contribution in [0.1, 0.15) is 43.9 Å². The van der Waals surface area contributed by atoms with Crippen LogP contribution in [0.2, 0.25) is 0 Å². The summed E-state index contributed by atoms with van der Waals surface area (Å²) in [5.74, 6) is -1.92. The molecular formula is C44H43N7O5. The fourth-order valence-corrected chi connectivity index (χ4v) is 6.13. The lowest BCUT2D eigenvalue weighted by Gasteiger charge is -2.22. The van der Waals surface area contributed by atoms with Crippen LogP contribution in [0.15, 0.2) is 146 Å². The van der Waals surface area contributed by atoms with Gasteiger partial charge in [0, 0.05) is 31.6 Å². The Labute approximate surface area is 325 Å². The number of esters is 1. The van der Waals surface area contributed by atoms with E-state index in [9.17, 15) is 19.2 Å². The average Bonchev–Trinajstić information content (AvgIpc) is 3.68. The molecule has 1 heterocycles. The highest BCUT2D eigenvalue weighted by molar-refractivity contribution is 5.97. The van der Waals surface area contributed by atoms with Crippen molar-refractivity contribution in [3.8, 4) is 5.69 Å². The third kappa shape index (κ3) is 11.8. The van der Waals surface area contributed by atoms with Gasteiger partial charge in [-0.25, -0.2) is 4.68 Å². The lowest BCUT2D eigenvalue weighted by atomic mass is 10.1. The first-order chi connectivity index (χ1) is 27.3. The van der Waals surface area contributed by atoms with E-state index in [1.54, 1.807) is 28.9 Å². The standard InChI is InChI=1S/C44H43N7O5/c45-43(54)40(24-32-11-4-1-5-12-32)47-41(52)26-46-44(55)37-19-21-39(22-20-37)51-30-38(48-49-51)29-50(27-33-13-6-2-7-14-33)28-36-18-10-17-35(23-36)25-42(53)56-31-34-15-8-3-9-16-34/h1-23,30,40H,24-29,31H2,(H2,45,54)(H,46,55)(H,47,52)/t40-/m0/s1. The Morgan fingerprint density at radius 3 is 1.98 bits per heavy atom. The van der Waals surface area contributed by atoms with Gasteiger partial charge in [0.15, 0.2) is 0 Å². The van der Waals surface area contributed by atoms with Crippen molar-refractivity contribution in [2.45, 2.75) is 45.1 Å². The number of benzene rings is 5. The van der Waals surface area contributed by atoms with Crippen molar-refractivity contribution in [2.24, 2.45) is 5.73 Å². The number of amides is 3. The number of hydrogen-bond donors (Lipinski definition) is 3. The van der Waals surface area contributed by atoms with E-state index in [1.165, 1.54) is 0 Å². The highest BCUT2D eigenvalue weighted by atomic mass is 16.5. The second-order valence-corrected chi connectivity index (χ2v) is 13.4. The molecule has 4 N–H and O–H groups in total. The highest BCUT2D eigenvalue weighted by Crippen LogP contribution is 2.17. The molecule has 0 unspecified atom stereocenters. The summed E-state index contributed by atoms with van der Waals surface area (Å²) in [6.07, 6.45) is 2.27. The van der Waals surface area contributed by atoms with E-state index in [0.29, 0.717) is 30.9 Å². The second-order valence-electron chi connectivity index (χ2n) is 13.4. The van der Waals surface area contributed by atoms with Crippen molar-refractivity contribution in [1.29, 1.82) is 0 Å². The molecule has 56 heavy (non-hydrogen) atoms. The van der Waals surface area contributed by atoms with Gasteiger partial charge in [-0.1, -0.05) is 120 Å². The predicted molar refractivity (Wildman–Crippen MR) is 211 cm³/mol. The first kappa shape index (κ1) is 38.8. The van der Waals surface area contributed by atoms with E-state index >= 15 is 0 Å². The zero-order valence-corrected chi connectivity index (χ0v) is 30.8. The molecule has 284 valence electrons. The molecule has 0 bridgehead atoms. The summed E-state index contributed by atoms with van der Waals surface area (Å²) in [6.45, 7) is 1.68. The molecule has 0 fully saturated rings. The van der Waals surface area contributed by atoms with Gasteiger partial charge in [-0.05, 0) is 52.1 Å². The Morgan fingerprint density at radius 1 is 0.696 bits per heavy atom. The lowest BCUT2D eigenvalue weighted by molar-refractivity contribution is -0.144. The third-order valence-corrected chi connectivity index (χ3v) is 8.93. The molecule has 0 radical (unpaired) electrons. The largest absolute Gasteiger partial charge is 0.461 e. The van der Waals surface area contributed by atoms with Crippen molar-refractivity contribution in [2.75, 3.05) is 6.54 Å². The van der Waals surface area contributed by atoms with E-state index in [1.807, 2.05) is 109 Å². The Kier molecular flexibility index (Phi) is 13.5. The number of hydrogen-bond acceptors (Lipinski definition) is 8. The number of primary amides is 1. The summed E-state index contributed by atoms with van der Waals surface area (Å²) in [6, 6.07) is 42.8. The zero-order chi connectivity index (χ0) is 39.1. The minimum atomic E-state index is -0.904. The van der Waals surface area contributed by atoms with Crippen LogP contribution in [-0.4, -0.2) is 56.2 Å². The number of nitrogens with zero attached hydrogens (tertiary/aromatic N) is 4. The Bertz CT molecular complexity index is 2210. The summed E-state index contributed by atoms with van der Waals surface area (Å²) >= 11 is 0.